The van der Waals surface area contributed by atoms with Gasteiger partial charge in [0.05, 0.1) is 36.3 Å². The number of furan rings is 1. The van der Waals surface area contributed by atoms with Gasteiger partial charge in [0.2, 0.25) is 5.91 Å². The Kier molecular flexibility index (Phi) is 13.4. The van der Waals surface area contributed by atoms with Gasteiger partial charge in [0.1, 0.15) is 23.2 Å². The van der Waals surface area contributed by atoms with Crippen LogP contribution >= 0.6 is 15.9 Å². The maximum atomic E-state index is 14.4. The summed E-state index contributed by atoms with van der Waals surface area (Å²) < 4.78 is 30.0. The van der Waals surface area contributed by atoms with Crippen LogP contribution in [0.3, 0.4) is 0 Å². The number of aliphatic hydroxyl groups is 1. The van der Waals surface area contributed by atoms with Crippen LogP contribution in [0.5, 0.6) is 0 Å². The molecule has 11 heteroatoms. The standard InChI is InChI=1S/C37H46BrNO9/c1-24(2)34-37(4,5)48-36(43)39(34)35(42)29(19-26-13-8-6-9-14-26)33(46-25(3)41)32-20-30(38)31(47-32)17-12-18-44-23-28(21-40)45-22-27-15-10-7-11-16-27/h6-11,13-16,20,24,28-29,33-34,40H,12,17-19,21-23H2,1-5H3/t28-,29+,33+,34+/m1/s1. The smallest absolute Gasteiger partial charge is 0.417 e. The molecule has 2 amide bonds. The number of carbonyl (C=O) groups is 3. The highest BCUT2D eigenvalue weighted by atomic mass is 79.9. The first-order valence-electron chi connectivity index (χ1n) is 16.3. The van der Waals surface area contributed by atoms with Gasteiger partial charge in [-0.05, 0) is 65.7 Å². The van der Waals surface area contributed by atoms with Crippen molar-refractivity contribution >= 4 is 33.9 Å². The molecular weight excluding hydrogens is 682 g/mol. The molecule has 3 aromatic rings. The van der Waals surface area contributed by atoms with Crippen molar-refractivity contribution in [2.45, 2.75) is 84.3 Å². The van der Waals surface area contributed by atoms with Gasteiger partial charge in [0.25, 0.3) is 0 Å². The van der Waals surface area contributed by atoms with E-state index in [-0.39, 0.29) is 31.3 Å². The van der Waals surface area contributed by atoms with Gasteiger partial charge in [-0.1, -0.05) is 74.5 Å². The normalized spacial score (nSPS) is 17.6. The average Bonchev–Trinajstić information content (AvgIpc) is 3.54. The van der Waals surface area contributed by atoms with Gasteiger partial charge in [-0.3, -0.25) is 9.59 Å². The molecule has 1 aliphatic rings. The number of imide groups is 1. The molecule has 0 saturated carbocycles. The number of rotatable bonds is 17. The number of carbonyl (C=O) groups excluding carboxylic acids is 3. The second-order valence-electron chi connectivity index (χ2n) is 12.9. The van der Waals surface area contributed by atoms with Crippen molar-refractivity contribution in [1.29, 1.82) is 0 Å². The number of halogens is 1. The zero-order valence-corrected chi connectivity index (χ0v) is 29.8. The van der Waals surface area contributed by atoms with E-state index in [0.29, 0.717) is 36.3 Å². The molecule has 0 bridgehead atoms. The van der Waals surface area contributed by atoms with Crippen LogP contribution in [0.4, 0.5) is 4.79 Å². The number of aliphatic hydroxyl groups excluding tert-OH is 1. The van der Waals surface area contributed by atoms with E-state index >= 15 is 0 Å². The summed E-state index contributed by atoms with van der Waals surface area (Å²) in [5.74, 6) is -1.29. The number of cyclic esters (lactones) is 1. The first-order chi connectivity index (χ1) is 22.9. The molecule has 1 aliphatic heterocycles. The van der Waals surface area contributed by atoms with E-state index < -0.39 is 47.7 Å². The molecule has 1 N–H and O–H groups in total. The number of esters is 1. The molecule has 0 unspecified atom stereocenters. The molecule has 4 atom stereocenters. The number of aryl methyl sites for hydroxylation is 1. The number of hydrogen-bond donors (Lipinski definition) is 1. The maximum absolute atomic E-state index is 14.4. The van der Waals surface area contributed by atoms with Crippen LogP contribution in [-0.4, -0.2) is 65.5 Å². The molecule has 10 nitrogen and oxygen atoms in total. The number of amides is 2. The van der Waals surface area contributed by atoms with Crippen molar-refractivity contribution in [3.63, 3.8) is 0 Å². The fourth-order valence-electron chi connectivity index (χ4n) is 6.20. The number of nitrogens with zero attached hydrogens (tertiary/aromatic N) is 1. The predicted molar refractivity (Wildman–Crippen MR) is 182 cm³/mol. The van der Waals surface area contributed by atoms with E-state index in [2.05, 4.69) is 15.9 Å². The summed E-state index contributed by atoms with van der Waals surface area (Å²) in [6.07, 6.45) is -1.03. The number of ether oxygens (including phenoxy) is 4. The van der Waals surface area contributed by atoms with E-state index in [0.717, 1.165) is 11.1 Å². The largest absolute Gasteiger partial charge is 0.461 e. The van der Waals surface area contributed by atoms with Gasteiger partial charge in [-0.15, -0.1) is 0 Å². The highest BCUT2D eigenvalue weighted by Gasteiger charge is 2.54. The topological polar surface area (TPSA) is 125 Å². The lowest BCUT2D eigenvalue weighted by atomic mass is 9.86. The summed E-state index contributed by atoms with van der Waals surface area (Å²) in [6.45, 7) is 9.57. The van der Waals surface area contributed by atoms with E-state index in [1.54, 1.807) is 19.9 Å². The second-order valence-corrected chi connectivity index (χ2v) is 13.7. The summed E-state index contributed by atoms with van der Waals surface area (Å²) in [6, 6.07) is 20.3. The van der Waals surface area contributed by atoms with Crippen molar-refractivity contribution in [3.05, 3.63) is 93.9 Å². The van der Waals surface area contributed by atoms with Crippen LogP contribution in [-0.2, 0) is 48.0 Å². The Balaban J connectivity index is 1.49. The average molecular weight is 729 g/mol. The minimum Gasteiger partial charge on any atom is -0.461 e. The highest BCUT2D eigenvalue weighted by molar-refractivity contribution is 9.10. The Morgan fingerprint density at radius 3 is 2.29 bits per heavy atom. The molecule has 1 saturated heterocycles. The van der Waals surface area contributed by atoms with E-state index in [9.17, 15) is 19.5 Å². The van der Waals surface area contributed by atoms with Gasteiger partial charge < -0.3 is 28.5 Å². The maximum Gasteiger partial charge on any atom is 0.417 e. The molecular formula is C37H46BrNO9. The van der Waals surface area contributed by atoms with Crippen LogP contribution in [0, 0.1) is 11.8 Å². The minimum absolute atomic E-state index is 0.0883. The zero-order valence-electron chi connectivity index (χ0n) is 28.2. The van der Waals surface area contributed by atoms with E-state index in [1.165, 1.54) is 11.8 Å². The second kappa shape index (κ2) is 17.2. The molecule has 1 fully saturated rings. The van der Waals surface area contributed by atoms with E-state index in [4.69, 9.17) is 23.4 Å². The molecule has 0 radical (unpaired) electrons. The van der Waals surface area contributed by atoms with Crippen LogP contribution in [0.1, 0.15) is 69.8 Å². The van der Waals surface area contributed by atoms with Gasteiger partial charge in [-0.25, -0.2) is 9.69 Å². The van der Waals surface area contributed by atoms with E-state index in [1.807, 2.05) is 74.5 Å². The fraction of sp³-hybridized carbons (Fsp3) is 0.486. The SMILES string of the molecule is CC(=O)O[C@H](c1cc(Br)c(CCCOC[C@@H](CO)OCc2ccccc2)o1)[C@H](Cc1ccccc1)C(=O)N1C(=O)OC(C)(C)[C@@H]1C(C)C. The van der Waals surface area contributed by atoms with Gasteiger partial charge in [0, 0.05) is 20.0 Å². The minimum atomic E-state index is -1.12. The van der Waals surface area contributed by atoms with Crippen LogP contribution < -0.4 is 0 Å². The Bertz CT molecular complexity index is 1490. The van der Waals surface area contributed by atoms with Gasteiger partial charge >= 0.3 is 12.1 Å². The molecule has 0 aliphatic carbocycles. The summed E-state index contributed by atoms with van der Waals surface area (Å²) in [7, 11) is 0. The van der Waals surface area contributed by atoms with Crippen LogP contribution in [0.15, 0.2) is 75.6 Å². The van der Waals surface area contributed by atoms with Crippen LogP contribution in [0.25, 0.3) is 0 Å². The summed E-state index contributed by atoms with van der Waals surface area (Å²) >= 11 is 3.57. The third-order valence-corrected chi connectivity index (χ3v) is 8.94. The molecule has 1 aromatic heterocycles. The molecule has 48 heavy (non-hydrogen) atoms. The number of benzene rings is 2. The van der Waals surface area contributed by atoms with Gasteiger partial charge in [-0.2, -0.15) is 0 Å². The Labute approximate surface area is 290 Å². The monoisotopic (exact) mass is 727 g/mol. The van der Waals surface area contributed by atoms with Crippen molar-refractivity contribution in [2.24, 2.45) is 11.8 Å². The van der Waals surface area contributed by atoms with Crippen molar-refractivity contribution in [3.8, 4) is 0 Å². The lowest BCUT2D eigenvalue weighted by Gasteiger charge is -2.34. The first kappa shape index (κ1) is 37.3. The van der Waals surface area contributed by atoms with Crippen LogP contribution in [0.2, 0.25) is 0 Å². The summed E-state index contributed by atoms with van der Waals surface area (Å²) in [5.41, 5.74) is 0.944. The summed E-state index contributed by atoms with van der Waals surface area (Å²) in [5, 5.41) is 9.71. The molecule has 260 valence electrons. The first-order valence-corrected chi connectivity index (χ1v) is 17.1. The fourth-order valence-corrected chi connectivity index (χ4v) is 6.71. The summed E-state index contributed by atoms with van der Waals surface area (Å²) in [4.78, 5) is 41.3. The predicted octanol–water partition coefficient (Wildman–Crippen LogP) is 6.81. The highest BCUT2D eigenvalue weighted by Crippen LogP contribution is 2.40. The molecule has 0 spiro atoms. The quantitative estimate of drug-likeness (QED) is 0.118. The third-order valence-electron chi connectivity index (χ3n) is 8.27. The lowest BCUT2D eigenvalue weighted by Crippen LogP contribution is -2.51. The molecule has 4 rings (SSSR count). The molecule has 2 aromatic carbocycles. The lowest BCUT2D eigenvalue weighted by molar-refractivity contribution is -0.156. The van der Waals surface area contributed by atoms with Crippen molar-refractivity contribution in [2.75, 3.05) is 19.8 Å². The number of hydrogen-bond acceptors (Lipinski definition) is 9. The molecule has 2 heterocycles. The Morgan fingerprint density at radius 2 is 1.69 bits per heavy atom. The Hall–Kier alpha value is -3.51. The third kappa shape index (κ3) is 9.78. The van der Waals surface area contributed by atoms with Gasteiger partial charge in [0.15, 0.2) is 6.10 Å². The van der Waals surface area contributed by atoms with Crippen molar-refractivity contribution in [1.82, 2.24) is 4.90 Å². The zero-order chi connectivity index (χ0) is 34.8. The van der Waals surface area contributed by atoms with Crippen molar-refractivity contribution < 1.29 is 42.9 Å². The Morgan fingerprint density at radius 1 is 1.04 bits per heavy atom.